The maximum Gasteiger partial charge on any atom is 0.227 e. The zero-order valence-electron chi connectivity index (χ0n) is 18.1. The highest BCUT2D eigenvalue weighted by Crippen LogP contribution is 2.27. The molecule has 1 aliphatic rings. The zero-order valence-corrected chi connectivity index (χ0v) is 19.7. The molecule has 10 heteroatoms. The number of halogens is 1. The summed E-state index contributed by atoms with van der Waals surface area (Å²) in [5.74, 6) is 1.35. The number of nitrogens with one attached hydrogen (secondary N) is 3. The summed E-state index contributed by atoms with van der Waals surface area (Å²) in [5, 5.41) is 17.4. The van der Waals surface area contributed by atoms with Crippen LogP contribution in [0.4, 0.5) is 23.1 Å². The molecule has 1 aromatic carbocycles. The SMILES string of the molecule is Cc1ccc(Nc2ccc(NCCNC(=O)C3CC(=O)N(c4cccc(Br)c4)C3)nn2)nc1. The summed E-state index contributed by atoms with van der Waals surface area (Å²) >= 11 is 3.42. The maximum absolute atomic E-state index is 12.5. The van der Waals surface area contributed by atoms with Crippen LogP contribution in [0.3, 0.4) is 0 Å². The Kier molecular flexibility index (Phi) is 7.13. The number of aromatic nitrogens is 3. The fourth-order valence-electron chi connectivity index (χ4n) is 3.46. The van der Waals surface area contributed by atoms with E-state index in [9.17, 15) is 9.59 Å². The molecule has 170 valence electrons. The molecule has 1 saturated heterocycles. The van der Waals surface area contributed by atoms with Crippen molar-refractivity contribution in [2.24, 2.45) is 5.92 Å². The average molecular weight is 510 g/mol. The minimum absolute atomic E-state index is 0.0452. The molecule has 2 amide bonds. The summed E-state index contributed by atoms with van der Waals surface area (Å²) in [6, 6.07) is 15.0. The van der Waals surface area contributed by atoms with Gasteiger partial charge in [-0.3, -0.25) is 9.59 Å². The van der Waals surface area contributed by atoms with Crippen LogP contribution in [0, 0.1) is 12.8 Å². The lowest BCUT2D eigenvalue weighted by molar-refractivity contribution is -0.126. The van der Waals surface area contributed by atoms with Crippen LogP contribution in [0.15, 0.2) is 59.2 Å². The lowest BCUT2D eigenvalue weighted by Crippen LogP contribution is -2.35. The first-order chi connectivity index (χ1) is 16.0. The molecule has 0 spiro atoms. The van der Waals surface area contributed by atoms with Crippen molar-refractivity contribution < 1.29 is 9.59 Å². The highest BCUT2D eigenvalue weighted by molar-refractivity contribution is 9.10. The fourth-order valence-corrected chi connectivity index (χ4v) is 3.85. The molecule has 3 aromatic rings. The van der Waals surface area contributed by atoms with Crippen molar-refractivity contribution in [3.8, 4) is 0 Å². The topological polar surface area (TPSA) is 112 Å². The van der Waals surface area contributed by atoms with Crippen molar-refractivity contribution in [1.29, 1.82) is 0 Å². The van der Waals surface area contributed by atoms with Crippen molar-refractivity contribution in [3.05, 3.63) is 64.8 Å². The van der Waals surface area contributed by atoms with Gasteiger partial charge in [0, 0.05) is 42.4 Å². The molecule has 2 aromatic heterocycles. The van der Waals surface area contributed by atoms with E-state index in [1.165, 1.54) is 0 Å². The van der Waals surface area contributed by atoms with Gasteiger partial charge in [-0.15, -0.1) is 10.2 Å². The van der Waals surface area contributed by atoms with Gasteiger partial charge in [0.1, 0.15) is 11.6 Å². The Morgan fingerprint density at radius 1 is 1.09 bits per heavy atom. The van der Waals surface area contributed by atoms with Gasteiger partial charge in [0.15, 0.2) is 5.82 Å². The Morgan fingerprint density at radius 2 is 1.88 bits per heavy atom. The van der Waals surface area contributed by atoms with Gasteiger partial charge in [-0.2, -0.15) is 0 Å². The maximum atomic E-state index is 12.5. The van der Waals surface area contributed by atoms with Crippen molar-refractivity contribution in [2.75, 3.05) is 35.2 Å². The van der Waals surface area contributed by atoms with Crippen LogP contribution < -0.4 is 20.9 Å². The average Bonchev–Trinajstić information content (AvgIpc) is 3.21. The largest absolute Gasteiger partial charge is 0.367 e. The Labute approximate surface area is 200 Å². The number of rotatable bonds is 8. The molecular weight excluding hydrogens is 486 g/mol. The van der Waals surface area contributed by atoms with E-state index in [4.69, 9.17) is 0 Å². The van der Waals surface area contributed by atoms with Crippen molar-refractivity contribution >= 4 is 50.9 Å². The molecule has 1 aliphatic heterocycles. The third kappa shape index (κ3) is 6.04. The van der Waals surface area contributed by atoms with Crippen LogP contribution in [0.1, 0.15) is 12.0 Å². The van der Waals surface area contributed by atoms with Gasteiger partial charge in [-0.1, -0.05) is 28.1 Å². The third-order valence-corrected chi connectivity index (χ3v) is 5.67. The summed E-state index contributed by atoms with van der Waals surface area (Å²) in [6.07, 6.45) is 1.99. The van der Waals surface area contributed by atoms with Crippen molar-refractivity contribution in [1.82, 2.24) is 20.5 Å². The quantitative estimate of drug-likeness (QED) is 0.399. The van der Waals surface area contributed by atoms with Crippen LogP contribution in [-0.4, -0.2) is 46.6 Å². The van der Waals surface area contributed by atoms with Crippen molar-refractivity contribution in [3.63, 3.8) is 0 Å². The number of nitrogens with zero attached hydrogens (tertiary/aromatic N) is 4. The highest BCUT2D eigenvalue weighted by Gasteiger charge is 2.34. The van der Waals surface area contributed by atoms with E-state index in [0.717, 1.165) is 15.7 Å². The normalized spacial score (nSPS) is 15.4. The second-order valence-electron chi connectivity index (χ2n) is 7.75. The molecule has 33 heavy (non-hydrogen) atoms. The molecule has 3 N–H and O–H groups in total. The Morgan fingerprint density at radius 3 is 2.61 bits per heavy atom. The highest BCUT2D eigenvalue weighted by atomic mass is 79.9. The summed E-state index contributed by atoms with van der Waals surface area (Å²) in [6.45, 7) is 3.26. The second-order valence-corrected chi connectivity index (χ2v) is 8.67. The fraction of sp³-hybridized carbons (Fsp3) is 0.261. The van der Waals surface area contributed by atoms with E-state index in [1.54, 1.807) is 23.2 Å². The van der Waals surface area contributed by atoms with E-state index in [2.05, 4.69) is 47.1 Å². The van der Waals surface area contributed by atoms with Crippen molar-refractivity contribution in [2.45, 2.75) is 13.3 Å². The number of carbonyl (C=O) groups is 2. The first-order valence-electron chi connectivity index (χ1n) is 10.6. The van der Waals surface area contributed by atoms with Crippen LogP contribution in [-0.2, 0) is 9.59 Å². The van der Waals surface area contributed by atoms with Gasteiger partial charge in [0.25, 0.3) is 0 Å². The zero-order chi connectivity index (χ0) is 23.2. The first-order valence-corrected chi connectivity index (χ1v) is 11.4. The van der Waals surface area contributed by atoms with E-state index in [-0.39, 0.29) is 24.2 Å². The second kappa shape index (κ2) is 10.4. The molecular formula is C23H24BrN7O2. The molecule has 1 unspecified atom stereocenters. The Bertz CT molecular complexity index is 1120. The van der Waals surface area contributed by atoms with Crippen LogP contribution >= 0.6 is 15.9 Å². The molecule has 0 saturated carbocycles. The predicted molar refractivity (Wildman–Crippen MR) is 130 cm³/mol. The van der Waals surface area contributed by atoms with Gasteiger partial charge in [-0.05, 0) is 48.9 Å². The summed E-state index contributed by atoms with van der Waals surface area (Å²) in [7, 11) is 0. The molecule has 3 heterocycles. The number of hydrogen-bond donors (Lipinski definition) is 3. The molecule has 4 rings (SSSR count). The summed E-state index contributed by atoms with van der Waals surface area (Å²) in [5.41, 5.74) is 1.88. The van der Waals surface area contributed by atoms with Crippen LogP contribution in [0.2, 0.25) is 0 Å². The van der Waals surface area contributed by atoms with Gasteiger partial charge in [-0.25, -0.2) is 4.98 Å². The predicted octanol–water partition coefficient (Wildman–Crippen LogP) is 3.27. The van der Waals surface area contributed by atoms with Gasteiger partial charge in [0.2, 0.25) is 11.8 Å². The van der Waals surface area contributed by atoms with Crippen LogP contribution in [0.5, 0.6) is 0 Å². The van der Waals surface area contributed by atoms with Gasteiger partial charge >= 0.3 is 0 Å². The van der Waals surface area contributed by atoms with E-state index in [1.807, 2.05) is 43.3 Å². The molecule has 1 atom stereocenters. The molecule has 0 bridgehead atoms. The monoisotopic (exact) mass is 509 g/mol. The number of anilines is 4. The molecule has 9 nitrogen and oxygen atoms in total. The van der Waals surface area contributed by atoms with E-state index in [0.29, 0.717) is 37.1 Å². The lowest BCUT2D eigenvalue weighted by Gasteiger charge is -2.17. The standard InChI is InChI=1S/C23H24BrN7O2/c1-15-5-6-19(27-13-15)28-21-8-7-20(29-30-21)25-9-10-26-23(33)16-11-22(32)31(14-16)18-4-2-3-17(24)12-18/h2-8,12-13,16H,9-11,14H2,1H3,(H,25,29)(H,26,33)(H,27,28,30). The minimum Gasteiger partial charge on any atom is -0.367 e. The number of amides is 2. The molecule has 0 radical (unpaired) electrons. The summed E-state index contributed by atoms with van der Waals surface area (Å²) < 4.78 is 0.894. The molecule has 0 aliphatic carbocycles. The number of aryl methyl sites for hydroxylation is 1. The third-order valence-electron chi connectivity index (χ3n) is 5.18. The smallest absolute Gasteiger partial charge is 0.227 e. The summed E-state index contributed by atoms with van der Waals surface area (Å²) in [4.78, 5) is 30.8. The number of carbonyl (C=O) groups excluding carboxylic acids is 2. The minimum atomic E-state index is -0.364. The first kappa shape index (κ1) is 22.7. The van der Waals surface area contributed by atoms with Gasteiger partial charge in [0.05, 0.1) is 5.92 Å². The number of benzene rings is 1. The Balaban J connectivity index is 1.20. The van der Waals surface area contributed by atoms with E-state index < -0.39 is 0 Å². The van der Waals surface area contributed by atoms with E-state index >= 15 is 0 Å². The Hall–Kier alpha value is -3.53. The van der Waals surface area contributed by atoms with Gasteiger partial charge < -0.3 is 20.9 Å². The lowest BCUT2D eigenvalue weighted by atomic mass is 10.1. The number of hydrogen-bond acceptors (Lipinski definition) is 7. The van der Waals surface area contributed by atoms with Crippen LogP contribution in [0.25, 0.3) is 0 Å². The number of pyridine rings is 1. The molecule has 1 fully saturated rings.